The number of rotatable bonds is 42. The van der Waals surface area contributed by atoms with Crippen molar-refractivity contribution >= 4 is 13.8 Å². The van der Waals surface area contributed by atoms with E-state index in [-0.39, 0.29) is 13.2 Å². The van der Waals surface area contributed by atoms with Crippen LogP contribution >= 0.6 is 7.82 Å². The molecule has 15 nitrogen and oxygen atoms in total. The number of aliphatic hydroxyl groups is 5. The van der Waals surface area contributed by atoms with Gasteiger partial charge in [-0.3, -0.25) is 13.8 Å². The van der Waals surface area contributed by atoms with Gasteiger partial charge in [-0.15, -0.1) is 0 Å². The molecule has 1 saturated heterocycles. The Hall–Kier alpha value is -0.780. The van der Waals surface area contributed by atoms with Gasteiger partial charge < -0.3 is 55.1 Å². The molecule has 0 aromatic heterocycles. The van der Waals surface area contributed by atoms with Gasteiger partial charge in [0.25, 0.3) is 0 Å². The van der Waals surface area contributed by atoms with E-state index in [9.17, 15) is 39.8 Å². The minimum Gasteiger partial charge on any atom is -0.432 e. The molecule has 0 amide bonds. The van der Waals surface area contributed by atoms with Crippen LogP contribution in [0.4, 0.5) is 0 Å². The average Bonchev–Trinajstić information content (AvgIpc) is 3.25. The van der Waals surface area contributed by atoms with Crippen molar-refractivity contribution in [2.24, 2.45) is 47.2 Å². The van der Waals surface area contributed by atoms with E-state index in [1.807, 2.05) is 6.92 Å². The van der Waals surface area contributed by atoms with Gasteiger partial charge in [-0.2, -0.15) is 0 Å². The Kier molecular flexibility index (Phi) is 34.7. The molecule has 68 heavy (non-hydrogen) atoms. The summed E-state index contributed by atoms with van der Waals surface area (Å²) in [6.45, 7) is 21.4. The summed E-state index contributed by atoms with van der Waals surface area (Å²) in [4.78, 5) is 23.1. The number of hydrogen-bond donors (Lipinski definition) is 7. The zero-order valence-corrected chi connectivity index (χ0v) is 45.3. The van der Waals surface area contributed by atoms with Crippen molar-refractivity contribution in [3.05, 3.63) is 0 Å². The summed E-state index contributed by atoms with van der Waals surface area (Å²) in [6.07, 6.45) is 13.5. The summed E-state index contributed by atoms with van der Waals surface area (Å²) in [5.74, 6) is 3.65. The highest BCUT2D eigenvalue weighted by atomic mass is 31.2. The third-order valence-corrected chi connectivity index (χ3v) is 14.8. The highest BCUT2D eigenvalue weighted by Gasteiger charge is 2.46. The van der Waals surface area contributed by atoms with Crippen LogP contribution in [0.1, 0.15) is 198 Å². The molecule has 0 saturated carbocycles. The fourth-order valence-electron chi connectivity index (χ4n) is 8.78. The van der Waals surface area contributed by atoms with Gasteiger partial charge in [0.2, 0.25) is 6.29 Å². The van der Waals surface area contributed by atoms with Crippen LogP contribution in [-0.4, -0.2) is 124 Å². The predicted octanol–water partition coefficient (Wildman–Crippen LogP) is 9.24. The van der Waals surface area contributed by atoms with Gasteiger partial charge in [-0.1, -0.05) is 171 Å². The third-order valence-electron chi connectivity index (χ3n) is 13.8. The lowest BCUT2D eigenvalue weighted by Crippen LogP contribution is -2.60. The Morgan fingerprint density at radius 2 is 1.06 bits per heavy atom. The number of hydrogen-bond acceptors (Lipinski definition) is 14. The zero-order chi connectivity index (χ0) is 51.3. The molecule has 1 fully saturated rings. The summed E-state index contributed by atoms with van der Waals surface area (Å²) >= 11 is 0. The van der Waals surface area contributed by atoms with Gasteiger partial charge in [0, 0.05) is 13.2 Å². The van der Waals surface area contributed by atoms with E-state index in [1.165, 1.54) is 89.9 Å². The van der Waals surface area contributed by atoms with Crippen molar-refractivity contribution in [3.8, 4) is 0 Å². The van der Waals surface area contributed by atoms with Crippen molar-refractivity contribution in [2.45, 2.75) is 246 Å². The molecule has 0 aliphatic carbocycles. The first kappa shape index (κ1) is 65.2. The Morgan fingerprint density at radius 3 is 1.53 bits per heavy atom. The second kappa shape index (κ2) is 36.2. The molecular weight excluding hydrogens is 894 g/mol. The van der Waals surface area contributed by atoms with Crippen LogP contribution in [0.2, 0.25) is 0 Å². The molecule has 1 aliphatic rings. The molecule has 13 unspecified atom stereocenters. The third kappa shape index (κ3) is 31.6. The van der Waals surface area contributed by atoms with E-state index >= 15 is 0 Å². The molecule has 0 aromatic carbocycles. The van der Waals surface area contributed by atoms with E-state index < -0.39 is 82.1 Å². The summed E-state index contributed by atoms with van der Waals surface area (Å²) in [7, 11) is -4.80. The van der Waals surface area contributed by atoms with Gasteiger partial charge in [0.05, 0.1) is 32.0 Å². The van der Waals surface area contributed by atoms with Crippen molar-refractivity contribution in [1.82, 2.24) is 0 Å². The van der Waals surface area contributed by atoms with Crippen LogP contribution in [-0.2, 0) is 37.4 Å². The number of esters is 1. The first-order chi connectivity index (χ1) is 31.9. The van der Waals surface area contributed by atoms with Crippen LogP contribution in [0.15, 0.2) is 0 Å². The van der Waals surface area contributed by atoms with Crippen LogP contribution in [0.25, 0.3) is 0 Å². The van der Waals surface area contributed by atoms with Crippen LogP contribution in [0, 0.1) is 41.4 Å². The SMILES string of the molecule is CC(C)CCCC(C)CCCC(C)CCCC(C)CCOC[C@H](COP(=O)(O)OCC(N)C(=O)OC1OC(CO)C(O)C(O)C1O)OCCC(C)(O)CCCC(C)CCCC(C)CCCC(C)C. The van der Waals surface area contributed by atoms with Gasteiger partial charge >= 0.3 is 13.8 Å². The molecule has 16 heteroatoms. The molecule has 0 aromatic rings. The van der Waals surface area contributed by atoms with Crippen molar-refractivity contribution in [3.63, 3.8) is 0 Å². The molecular formula is C52H104NO14P. The standard InChI is InChI=1S/C52H104NO14P/c1-37(2)17-11-19-39(5)21-13-23-41(7)24-15-26-43(9)28-31-62-34-44(63-32-30-52(10,59)29-16-27-42(8)25-14-22-40(6)20-12-18-38(3)4)35-64-68(60,61)65-36-45(53)50(58)67-51-49(57)48(56)47(55)46(33-54)66-51/h37-49,51,54-57,59H,11-36,53H2,1-10H3,(H,60,61)/t39?,40?,41?,42?,43?,44-,45?,46?,47?,48?,49?,51?,52?/m1/s1. The van der Waals surface area contributed by atoms with E-state index in [1.54, 1.807) is 0 Å². The maximum absolute atomic E-state index is 12.9. The van der Waals surface area contributed by atoms with Crippen LogP contribution in [0.3, 0.4) is 0 Å². The molecule has 0 bridgehead atoms. The molecule has 1 aliphatic heterocycles. The minimum absolute atomic E-state index is 0.0700. The monoisotopic (exact) mass is 998 g/mol. The van der Waals surface area contributed by atoms with Crippen LogP contribution < -0.4 is 5.73 Å². The Balaban J connectivity index is 2.65. The number of carbonyl (C=O) groups is 1. The Bertz CT molecular complexity index is 1310. The first-order valence-corrected chi connectivity index (χ1v) is 28.2. The Labute approximate surface area is 413 Å². The van der Waals surface area contributed by atoms with Gasteiger partial charge in [-0.25, -0.2) is 4.57 Å². The number of aliphatic hydroxyl groups excluding tert-OH is 4. The van der Waals surface area contributed by atoms with E-state index in [0.717, 1.165) is 49.4 Å². The smallest absolute Gasteiger partial charge is 0.432 e. The lowest BCUT2D eigenvalue weighted by molar-refractivity contribution is -0.293. The number of nitrogens with two attached hydrogens (primary N) is 1. The second-order valence-electron chi connectivity index (χ2n) is 22.3. The number of phosphoric ester groups is 1. The maximum atomic E-state index is 12.9. The van der Waals surface area contributed by atoms with E-state index in [0.29, 0.717) is 37.2 Å². The summed E-state index contributed by atoms with van der Waals surface area (Å²) in [5.41, 5.74) is 4.86. The normalized spacial score (nSPS) is 24.0. The second-order valence-corrected chi connectivity index (χ2v) is 23.7. The zero-order valence-electron chi connectivity index (χ0n) is 44.4. The van der Waals surface area contributed by atoms with Gasteiger partial charge in [-0.05, 0) is 67.6 Å². The molecule has 1 heterocycles. The molecule has 0 spiro atoms. The molecule has 1 rings (SSSR count). The van der Waals surface area contributed by atoms with Crippen LogP contribution in [0.5, 0.6) is 0 Å². The fraction of sp³-hybridized carbons (Fsp3) is 0.981. The quantitative estimate of drug-likeness (QED) is 0.0171. The number of carbonyl (C=O) groups excluding carboxylic acids is 1. The predicted molar refractivity (Wildman–Crippen MR) is 269 cm³/mol. The van der Waals surface area contributed by atoms with E-state index in [2.05, 4.69) is 62.3 Å². The van der Waals surface area contributed by atoms with Gasteiger partial charge in [0.1, 0.15) is 36.6 Å². The van der Waals surface area contributed by atoms with Crippen molar-refractivity contribution < 1.29 is 67.8 Å². The number of phosphoric acid groups is 1. The Morgan fingerprint density at radius 1 is 0.618 bits per heavy atom. The minimum atomic E-state index is -4.80. The summed E-state index contributed by atoms with van der Waals surface area (Å²) in [5, 5.41) is 50.8. The average molecular weight is 998 g/mol. The van der Waals surface area contributed by atoms with Crippen molar-refractivity contribution in [2.75, 3.05) is 39.6 Å². The highest BCUT2D eigenvalue weighted by Crippen LogP contribution is 2.43. The fourth-order valence-corrected chi connectivity index (χ4v) is 9.56. The highest BCUT2D eigenvalue weighted by molar-refractivity contribution is 7.47. The van der Waals surface area contributed by atoms with E-state index in [4.69, 9.17) is 33.7 Å². The molecule has 406 valence electrons. The van der Waals surface area contributed by atoms with Crippen molar-refractivity contribution in [1.29, 1.82) is 0 Å². The molecule has 14 atom stereocenters. The molecule has 8 N–H and O–H groups in total. The van der Waals surface area contributed by atoms with Gasteiger partial charge in [0.15, 0.2) is 0 Å². The summed E-state index contributed by atoms with van der Waals surface area (Å²) < 4.78 is 45.5. The summed E-state index contributed by atoms with van der Waals surface area (Å²) in [6, 6.07) is -1.64. The largest absolute Gasteiger partial charge is 0.472 e. The lowest BCUT2D eigenvalue weighted by Gasteiger charge is -2.39. The maximum Gasteiger partial charge on any atom is 0.472 e. The first-order valence-electron chi connectivity index (χ1n) is 26.7. The topological polar surface area (TPSA) is 237 Å². The molecule has 0 radical (unpaired) electrons. The number of ether oxygens (including phenoxy) is 4. The lowest BCUT2D eigenvalue weighted by atomic mass is 9.89.